The third-order valence-corrected chi connectivity index (χ3v) is 4.39. The normalized spacial score (nSPS) is 11.5. The van der Waals surface area contributed by atoms with Crippen molar-refractivity contribution in [2.45, 2.75) is 13.2 Å². The maximum atomic E-state index is 9.74. The van der Waals surface area contributed by atoms with E-state index in [4.69, 9.17) is 0 Å². The van der Waals surface area contributed by atoms with E-state index < -0.39 is 0 Å². The smallest absolute Gasteiger partial charge is 0.0688 e. The van der Waals surface area contributed by atoms with Crippen molar-refractivity contribution in [1.29, 1.82) is 0 Å². The van der Waals surface area contributed by atoms with Crippen LogP contribution in [0.2, 0.25) is 0 Å². The molecule has 0 unspecified atom stereocenters. The number of benzene rings is 4. The molecule has 0 aromatic heterocycles. The highest BCUT2D eigenvalue weighted by Crippen LogP contribution is 2.35. The number of rotatable bonds is 2. The van der Waals surface area contributed by atoms with E-state index in [1.54, 1.807) is 0 Å². The van der Waals surface area contributed by atoms with E-state index in [0.29, 0.717) is 0 Å². The van der Waals surface area contributed by atoms with Gasteiger partial charge in [0.25, 0.3) is 0 Å². The summed E-state index contributed by atoms with van der Waals surface area (Å²) in [6, 6.07) is 20.4. The first-order valence-electron chi connectivity index (χ1n) is 7.40. The zero-order chi connectivity index (χ0) is 15.1. The van der Waals surface area contributed by atoms with Gasteiger partial charge in [0.05, 0.1) is 13.2 Å². The second-order valence-electron chi connectivity index (χ2n) is 5.57. The summed E-state index contributed by atoms with van der Waals surface area (Å²) in [5, 5.41) is 26.1. The molecule has 4 aromatic carbocycles. The minimum Gasteiger partial charge on any atom is -0.392 e. The fourth-order valence-electron chi connectivity index (χ4n) is 3.38. The third kappa shape index (κ3) is 1.82. The Morgan fingerprint density at radius 1 is 0.591 bits per heavy atom. The van der Waals surface area contributed by atoms with Gasteiger partial charge in [-0.2, -0.15) is 0 Å². The molecule has 0 fully saturated rings. The van der Waals surface area contributed by atoms with Crippen LogP contribution in [0.3, 0.4) is 0 Å². The molecular formula is C20H16O2. The van der Waals surface area contributed by atoms with Crippen molar-refractivity contribution in [3.63, 3.8) is 0 Å². The predicted octanol–water partition coefficient (Wildman–Crippen LogP) is 4.13. The molecule has 0 radical (unpaired) electrons. The zero-order valence-corrected chi connectivity index (χ0v) is 12.1. The lowest BCUT2D eigenvalue weighted by Crippen LogP contribution is -1.91. The first-order chi connectivity index (χ1) is 10.8. The number of aliphatic hydroxyl groups is 2. The highest BCUT2D eigenvalue weighted by atomic mass is 16.3. The predicted molar refractivity (Wildman–Crippen MR) is 90.8 cm³/mol. The third-order valence-electron chi connectivity index (χ3n) is 4.39. The van der Waals surface area contributed by atoms with Crippen LogP contribution in [0, 0.1) is 0 Å². The Morgan fingerprint density at radius 2 is 1.32 bits per heavy atom. The van der Waals surface area contributed by atoms with Crippen LogP contribution in [0.15, 0.2) is 60.7 Å². The molecule has 0 aliphatic heterocycles. The Morgan fingerprint density at radius 3 is 2.09 bits per heavy atom. The van der Waals surface area contributed by atoms with E-state index >= 15 is 0 Å². The van der Waals surface area contributed by atoms with Gasteiger partial charge in [-0.3, -0.25) is 0 Å². The van der Waals surface area contributed by atoms with Gasteiger partial charge in [0.15, 0.2) is 0 Å². The Bertz CT molecular complexity index is 1000. The molecule has 0 atom stereocenters. The average Bonchev–Trinajstić information content (AvgIpc) is 2.59. The monoisotopic (exact) mass is 288 g/mol. The van der Waals surface area contributed by atoms with Gasteiger partial charge >= 0.3 is 0 Å². The average molecular weight is 288 g/mol. The summed E-state index contributed by atoms with van der Waals surface area (Å²) < 4.78 is 0. The maximum Gasteiger partial charge on any atom is 0.0688 e. The van der Waals surface area contributed by atoms with Gasteiger partial charge in [0.2, 0.25) is 0 Å². The molecule has 108 valence electrons. The summed E-state index contributed by atoms with van der Waals surface area (Å²) in [5.41, 5.74) is 1.84. The van der Waals surface area contributed by atoms with Crippen molar-refractivity contribution in [3.05, 3.63) is 71.8 Å². The van der Waals surface area contributed by atoms with Gasteiger partial charge in [0.1, 0.15) is 0 Å². The van der Waals surface area contributed by atoms with E-state index in [1.807, 2.05) is 30.3 Å². The summed E-state index contributed by atoms with van der Waals surface area (Å²) in [6.45, 7) is 0.0197. The molecule has 0 amide bonds. The largest absolute Gasteiger partial charge is 0.392 e. The molecular weight excluding hydrogens is 272 g/mol. The van der Waals surface area contributed by atoms with Gasteiger partial charge < -0.3 is 10.2 Å². The molecule has 0 saturated heterocycles. The van der Waals surface area contributed by atoms with Gasteiger partial charge in [-0.25, -0.2) is 0 Å². The second kappa shape index (κ2) is 5.09. The Balaban J connectivity index is 2.30. The van der Waals surface area contributed by atoms with Crippen LogP contribution in [0.1, 0.15) is 11.1 Å². The van der Waals surface area contributed by atoms with Crippen molar-refractivity contribution in [2.75, 3.05) is 0 Å². The van der Waals surface area contributed by atoms with Crippen LogP contribution >= 0.6 is 0 Å². The lowest BCUT2D eigenvalue weighted by Gasteiger charge is -2.13. The fraction of sp³-hybridized carbons (Fsp3) is 0.100. The molecule has 0 spiro atoms. The summed E-state index contributed by atoms with van der Waals surface area (Å²) >= 11 is 0. The van der Waals surface area contributed by atoms with Crippen LogP contribution in [0.4, 0.5) is 0 Å². The minimum absolute atomic E-state index is 0.00807. The highest BCUT2D eigenvalue weighted by molar-refractivity contribution is 6.18. The van der Waals surface area contributed by atoms with E-state index in [-0.39, 0.29) is 13.2 Å². The van der Waals surface area contributed by atoms with Crippen LogP contribution in [0.25, 0.3) is 32.3 Å². The number of aliphatic hydroxyl groups excluding tert-OH is 2. The SMILES string of the molecule is OCc1cc2c(ccc3cccc(CO)c32)c2ccccc12. The molecule has 0 aliphatic rings. The van der Waals surface area contributed by atoms with E-state index in [0.717, 1.165) is 43.4 Å². The van der Waals surface area contributed by atoms with Crippen molar-refractivity contribution in [2.24, 2.45) is 0 Å². The molecule has 2 N–H and O–H groups in total. The van der Waals surface area contributed by atoms with Crippen molar-refractivity contribution in [1.82, 2.24) is 0 Å². The molecule has 4 aromatic rings. The lowest BCUT2D eigenvalue weighted by molar-refractivity contribution is 0.283. The van der Waals surface area contributed by atoms with Crippen LogP contribution in [-0.2, 0) is 13.2 Å². The summed E-state index contributed by atoms with van der Waals surface area (Å²) in [4.78, 5) is 0. The topological polar surface area (TPSA) is 40.5 Å². The second-order valence-corrected chi connectivity index (χ2v) is 5.57. The molecule has 2 heteroatoms. The summed E-state index contributed by atoms with van der Waals surface area (Å²) in [7, 11) is 0. The first-order valence-corrected chi connectivity index (χ1v) is 7.40. The van der Waals surface area contributed by atoms with E-state index in [1.165, 1.54) is 0 Å². The van der Waals surface area contributed by atoms with Crippen LogP contribution in [0.5, 0.6) is 0 Å². The van der Waals surface area contributed by atoms with Gasteiger partial charge in [-0.1, -0.05) is 54.6 Å². The maximum absolute atomic E-state index is 9.74. The Labute approximate surface area is 128 Å². The minimum atomic E-state index is 0.00807. The Kier molecular flexibility index (Phi) is 3.07. The van der Waals surface area contributed by atoms with Gasteiger partial charge in [0, 0.05) is 0 Å². The quantitative estimate of drug-likeness (QED) is 0.544. The fourth-order valence-corrected chi connectivity index (χ4v) is 3.38. The molecule has 0 bridgehead atoms. The van der Waals surface area contributed by atoms with Crippen molar-refractivity contribution in [3.8, 4) is 0 Å². The summed E-state index contributed by atoms with van der Waals surface area (Å²) in [6.07, 6.45) is 0. The lowest BCUT2D eigenvalue weighted by atomic mass is 9.92. The van der Waals surface area contributed by atoms with Crippen LogP contribution < -0.4 is 0 Å². The first kappa shape index (κ1) is 13.3. The zero-order valence-electron chi connectivity index (χ0n) is 12.1. The van der Waals surface area contributed by atoms with Gasteiger partial charge in [-0.15, -0.1) is 0 Å². The van der Waals surface area contributed by atoms with Crippen LogP contribution in [-0.4, -0.2) is 10.2 Å². The standard InChI is InChI=1S/C20H16O2/c21-11-14-5-3-4-13-8-9-18-17-7-2-1-6-16(17)15(12-22)10-19(18)20(13)14/h1-10,21-22H,11-12H2. The van der Waals surface area contributed by atoms with E-state index in [2.05, 4.69) is 30.3 Å². The molecule has 22 heavy (non-hydrogen) atoms. The number of fused-ring (bicyclic) bond motifs is 5. The van der Waals surface area contributed by atoms with Crippen molar-refractivity contribution < 1.29 is 10.2 Å². The molecule has 0 aliphatic carbocycles. The highest BCUT2D eigenvalue weighted by Gasteiger charge is 2.10. The van der Waals surface area contributed by atoms with E-state index in [9.17, 15) is 10.2 Å². The Hall–Kier alpha value is -2.42. The molecule has 4 rings (SSSR count). The number of hydrogen-bond donors (Lipinski definition) is 2. The van der Waals surface area contributed by atoms with Crippen molar-refractivity contribution >= 4 is 32.3 Å². The molecule has 2 nitrogen and oxygen atoms in total. The van der Waals surface area contributed by atoms with Gasteiger partial charge in [-0.05, 0) is 49.5 Å². The molecule has 0 heterocycles. The number of hydrogen-bond acceptors (Lipinski definition) is 2. The molecule has 0 saturated carbocycles. The summed E-state index contributed by atoms with van der Waals surface area (Å²) in [5.74, 6) is 0.